The van der Waals surface area contributed by atoms with E-state index in [1.54, 1.807) is 13.0 Å². The van der Waals surface area contributed by atoms with Gasteiger partial charge in [-0.05, 0) is 41.0 Å². The molecule has 0 atom stereocenters. The van der Waals surface area contributed by atoms with Gasteiger partial charge in [-0.3, -0.25) is 0 Å². The summed E-state index contributed by atoms with van der Waals surface area (Å²) in [4.78, 5) is 12.7. The fraction of sp³-hybridized carbons (Fsp3) is 0.190. The fourth-order valence-electron chi connectivity index (χ4n) is 2.83. The third kappa shape index (κ3) is 3.86. The van der Waals surface area contributed by atoms with E-state index in [0.717, 1.165) is 20.6 Å². The Bertz CT molecular complexity index is 1100. The molecule has 27 heavy (non-hydrogen) atoms. The summed E-state index contributed by atoms with van der Waals surface area (Å²) in [6, 6.07) is 18.2. The van der Waals surface area contributed by atoms with E-state index in [9.17, 15) is 13.2 Å². The molecular weight excluding hydrogens is 362 g/mol. The number of fused-ring (bicyclic) bond motifs is 1. The molecule has 0 bridgehead atoms. The molecule has 0 saturated heterocycles. The lowest BCUT2D eigenvalue weighted by Gasteiger charge is -2.14. The minimum atomic E-state index is -3.62. The van der Waals surface area contributed by atoms with Crippen LogP contribution >= 0.6 is 0 Å². The highest BCUT2D eigenvalue weighted by Gasteiger charge is 2.21. The maximum absolute atomic E-state index is 12.6. The second-order valence-electron chi connectivity index (χ2n) is 6.48. The van der Waals surface area contributed by atoms with Crippen molar-refractivity contribution in [3.05, 3.63) is 77.4 Å². The highest BCUT2D eigenvalue weighted by molar-refractivity contribution is 7.89. The number of aryl methyl sites for hydroxylation is 1. The van der Waals surface area contributed by atoms with E-state index in [-0.39, 0.29) is 17.1 Å². The van der Waals surface area contributed by atoms with Crippen molar-refractivity contribution < 1.29 is 17.9 Å². The molecule has 0 aliphatic carbocycles. The van der Waals surface area contributed by atoms with Crippen molar-refractivity contribution in [2.24, 2.45) is 0 Å². The molecule has 3 aromatic carbocycles. The predicted octanol–water partition coefficient (Wildman–Crippen LogP) is 3.76. The van der Waals surface area contributed by atoms with Crippen LogP contribution < -0.4 is 0 Å². The van der Waals surface area contributed by atoms with Crippen LogP contribution in [0.15, 0.2) is 65.6 Å². The Morgan fingerprint density at radius 2 is 1.70 bits per heavy atom. The van der Waals surface area contributed by atoms with Gasteiger partial charge in [0.15, 0.2) is 0 Å². The highest BCUT2D eigenvalue weighted by Crippen LogP contribution is 2.22. The van der Waals surface area contributed by atoms with Gasteiger partial charge in [0.05, 0.1) is 10.5 Å². The summed E-state index contributed by atoms with van der Waals surface area (Å²) in [5.41, 5.74) is 1.81. The van der Waals surface area contributed by atoms with Gasteiger partial charge in [0.25, 0.3) is 0 Å². The van der Waals surface area contributed by atoms with E-state index in [1.807, 2.05) is 42.5 Å². The molecule has 0 fully saturated rings. The van der Waals surface area contributed by atoms with Crippen molar-refractivity contribution in [2.45, 2.75) is 18.4 Å². The second-order valence-corrected chi connectivity index (χ2v) is 8.63. The summed E-state index contributed by atoms with van der Waals surface area (Å²) in [5.74, 6) is -0.545. The van der Waals surface area contributed by atoms with Crippen molar-refractivity contribution in [1.29, 1.82) is 0 Å². The van der Waals surface area contributed by atoms with Crippen molar-refractivity contribution in [1.82, 2.24) is 4.31 Å². The number of hydrogen-bond donors (Lipinski definition) is 0. The molecule has 0 aromatic heterocycles. The predicted molar refractivity (Wildman–Crippen MR) is 105 cm³/mol. The minimum Gasteiger partial charge on any atom is -0.457 e. The zero-order chi connectivity index (χ0) is 19.6. The summed E-state index contributed by atoms with van der Waals surface area (Å²) in [5, 5.41) is 2.09. The molecule has 3 rings (SSSR count). The Balaban J connectivity index is 1.86. The molecule has 140 valence electrons. The number of esters is 1. The van der Waals surface area contributed by atoms with Crippen LogP contribution in [-0.2, 0) is 21.4 Å². The van der Waals surface area contributed by atoms with Crippen LogP contribution in [0.4, 0.5) is 0 Å². The molecule has 0 aliphatic rings. The van der Waals surface area contributed by atoms with Gasteiger partial charge in [-0.25, -0.2) is 17.5 Å². The number of nitrogens with zero attached hydrogens (tertiary/aromatic N) is 1. The molecule has 0 amide bonds. The molecule has 0 unspecified atom stereocenters. The lowest BCUT2D eigenvalue weighted by Crippen LogP contribution is -2.22. The van der Waals surface area contributed by atoms with Crippen LogP contribution in [0.1, 0.15) is 21.5 Å². The number of sulfonamides is 1. The minimum absolute atomic E-state index is 0.0650. The van der Waals surface area contributed by atoms with Crippen LogP contribution in [0.3, 0.4) is 0 Å². The van der Waals surface area contributed by atoms with E-state index in [0.29, 0.717) is 5.56 Å². The third-order valence-electron chi connectivity index (χ3n) is 4.45. The van der Waals surface area contributed by atoms with Gasteiger partial charge < -0.3 is 4.74 Å². The average Bonchev–Trinajstić information content (AvgIpc) is 2.66. The van der Waals surface area contributed by atoms with Crippen LogP contribution in [0.25, 0.3) is 10.8 Å². The molecule has 3 aromatic rings. The van der Waals surface area contributed by atoms with Crippen molar-refractivity contribution in [3.8, 4) is 0 Å². The lowest BCUT2D eigenvalue weighted by molar-refractivity contribution is 0.0473. The Morgan fingerprint density at radius 1 is 1.00 bits per heavy atom. The van der Waals surface area contributed by atoms with Gasteiger partial charge in [0.1, 0.15) is 6.61 Å². The molecule has 5 nitrogen and oxygen atoms in total. The molecule has 0 saturated carbocycles. The number of ether oxygens (including phenoxy) is 1. The fourth-order valence-corrected chi connectivity index (χ4v) is 3.76. The highest BCUT2D eigenvalue weighted by atomic mass is 32.2. The summed E-state index contributed by atoms with van der Waals surface area (Å²) in [6.07, 6.45) is 0. The standard InChI is InChI=1S/C21H21NO4S/c1-15-11-12-18(27(24,25)22(2)3)13-20(15)21(23)26-14-17-9-6-8-16-7-4-5-10-19(16)17/h4-13H,14H2,1-3H3. The maximum Gasteiger partial charge on any atom is 0.338 e. The SMILES string of the molecule is Cc1ccc(S(=O)(=O)N(C)C)cc1C(=O)OCc1cccc2ccccc12. The number of hydrogen-bond acceptors (Lipinski definition) is 4. The molecule has 0 heterocycles. The van der Waals surface area contributed by atoms with Crippen LogP contribution in [0.2, 0.25) is 0 Å². The molecule has 0 N–H and O–H groups in total. The summed E-state index contributed by atoms with van der Waals surface area (Å²) < 4.78 is 31.2. The summed E-state index contributed by atoms with van der Waals surface area (Å²) >= 11 is 0. The second kappa shape index (κ2) is 7.50. The first-order valence-electron chi connectivity index (χ1n) is 8.47. The van der Waals surface area contributed by atoms with Crippen molar-refractivity contribution in [3.63, 3.8) is 0 Å². The normalized spacial score (nSPS) is 11.7. The Hall–Kier alpha value is -2.70. The first-order chi connectivity index (χ1) is 12.8. The molecule has 0 aliphatic heterocycles. The average molecular weight is 383 g/mol. The van der Waals surface area contributed by atoms with Gasteiger partial charge in [-0.1, -0.05) is 48.5 Å². The van der Waals surface area contributed by atoms with E-state index in [2.05, 4.69) is 0 Å². The Kier molecular flexibility index (Phi) is 5.30. The smallest absolute Gasteiger partial charge is 0.338 e. The number of carbonyl (C=O) groups is 1. The van der Waals surface area contributed by atoms with Crippen LogP contribution in [-0.4, -0.2) is 32.8 Å². The number of benzene rings is 3. The van der Waals surface area contributed by atoms with E-state index >= 15 is 0 Å². The first-order valence-corrected chi connectivity index (χ1v) is 9.91. The van der Waals surface area contributed by atoms with Gasteiger partial charge in [-0.15, -0.1) is 0 Å². The quantitative estimate of drug-likeness (QED) is 0.630. The number of rotatable bonds is 5. The molecule has 0 spiro atoms. The van der Waals surface area contributed by atoms with Gasteiger partial charge >= 0.3 is 5.97 Å². The number of carbonyl (C=O) groups excluding carboxylic acids is 1. The lowest BCUT2D eigenvalue weighted by atomic mass is 10.1. The molecular formula is C21H21NO4S. The summed E-state index contributed by atoms with van der Waals surface area (Å²) in [7, 11) is -0.716. The Labute approximate surface area is 159 Å². The van der Waals surface area contributed by atoms with E-state index in [4.69, 9.17) is 4.74 Å². The largest absolute Gasteiger partial charge is 0.457 e. The van der Waals surface area contributed by atoms with E-state index in [1.165, 1.54) is 26.2 Å². The third-order valence-corrected chi connectivity index (χ3v) is 6.26. The van der Waals surface area contributed by atoms with E-state index < -0.39 is 16.0 Å². The zero-order valence-electron chi connectivity index (χ0n) is 15.5. The monoisotopic (exact) mass is 383 g/mol. The molecule has 0 radical (unpaired) electrons. The summed E-state index contributed by atoms with van der Waals surface area (Å²) in [6.45, 7) is 1.87. The topological polar surface area (TPSA) is 63.7 Å². The maximum atomic E-state index is 12.6. The molecule has 6 heteroatoms. The Morgan fingerprint density at radius 3 is 2.44 bits per heavy atom. The van der Waals surface area contributed by atoms with Crippen LogP contribution in [0.5, 0.6) is 0 Å². The first kappa shape index (κ1) is 19.1. The van der Waals surface area contributed by atoms with Gasteiger partial charge in [0, 0.05) is 14.1 Å². The van der Waals surface area contributed by atoms with Crippen LogP contribution in [0, 0.1) is 6.92 Å². The zero-order valence-corrected chi connectivity index (χ0v) is 16.3. The van der Waals surface area contributed by atoms with Gasteiger partial charge in [0.2, 0.25) is 10.0 Å². The van der Waals surface area contributed by atoms with Crippen molar-refractivity contribution >= 4 is 26.8 Å². The van der Waals surface area contributed by atoms with Crippen molar-refractivity contribution in [2.75, 3.05) is 14.1 Å². The van der Waals surface area contributed by atoms with Gasteiger partial charge in [-0.2, -0.15) is 0 Å².